The SMILES string of the molecule is N#Cc1ccc(-c2csc(-c3cnccc3CCl)n2)cc1. The number of hydrogen-bond acceptors (Lipinski definition) is 4. The Balaban J connectivity index is 1.98. The molecule has 0 fully saturated rings. The molecule has 0 unspecified atom stereocenters. The molecule has 0 amide bonds. The van der Waals surface area contributed by atoms with E-state index in [1.165, 1.54) is 0 Å². The minimum atomic E-state index is 0.434. The maximum Gasteiger partial charge on any atom is 0.125 e. The smallest absolute Gasteiger partial charge is 0.125 e. The minimum absolute atomic E-state index is 0.434. The fourth-order valence-electron chi connectivity index (χ4n) is 1.98. The van der Waals surface area contributed by atoms with E-state index < -0.39 is 0 Å². The second kappa shape index (κ2) is 6.04. The van der Waals surface area contributed by atoms with Crippen molar-refractivity contribution in [2.24, 2.45) is 0 Å². The number of thiazole rings is 1. The lowest BCUT2D eigenvalue weighted by molar-refractivity contribution is 1.26. The summed E-state index contributed by atoms with van der Waals surface area (Å²) in [5, 5.41) is 11.7. The van der Waals surface area contributed by atoms with Crippen LogP contribution >= 0.6 is 22.9 Å². The Morgan fingerprint density at radius 3 is 2.71 bits per heavy atom. The van der Waals surface area contributed by atoms with Gasteiger partial charge in [0.1, 0.15) is 5.01 Å². The number of hydrogen-bond donors (Lipinski definition) is 0. The Hall–Kier alpha value is -2.22. The summed E-state index contributed by atoms with van der Waals surface area (Å²) < 4.78 is 0. The molecule has 0 saturated carbocycles. The molecule has 3 aromatic rings. The van der Waals surface area contributed by atoms with Gasteiger partial charge in [-0.1, -0.05) is 12.1 Å². The first-order valence-corrected chi connectivity index (χ1v) is 7.68. The fourth-order valence-corrected chi connectivity index (χ4v) is 3.08. The highest BCUT2D eigenvalue weighted by molar-refractivity contribution is 7.13. The zero-order valence-electron chi connectivity index (χ0n) is 11.0. The Kier molecular flexibility index (Phi) is 3.96. The number of nitriles is 1. The summed E-state index contributed by atoms with van der Waals surface area (Å²) >= 11 is 7.52. The van der Waals surface area contributed by atoms with Crippen LogP contribution in [0, 0.1) is 11.3 Å². The topological polar surface area (TPSA) is 49.6 Å². The molecule has 0 atom stereocenters. The summed E-state index contributed by atoms with van der Waals surface area (Å²) in [5.41, 5.74) is 4.52. The highest BCUT2D eigenvalue weighted by atomic mass is 35.5. The van der Waals surface area contributed by atoms with Crippen LogP contribution in [0.25, 0.3) is 21.8 Å². The molecule has 3 rings (SSSR count). The van der Waals surface area contributed by atoms with Crippen molar-refractivity contribution in [1.82, 2.24) is 9.97 Å². The Labute approximate surface area is 131 Å². The van der Waals surface area contributed by atoms with Crippen molar-refractivity contribution in [2.45, 2.75) is 5.88 Å². The summed E-state index contributed by atoms with van der Waals surface area (Å²) in [6.07, 6.45) is 3.52. The summed E-state index contributed by atoms with van der Waals surface area (Å²) in [4.78, 5) is 8.80. The molecule has 0 aliphatic heterocycles. The predicted octanol–water partition coefficient (Wildman–Crippen LogP) is 4.48. The average Bonchev–Trinajstić information content (AvgIpc) is 3.04. The summed E-state index contributed by atoms with van der Waals surface area (Å²) in [6.45, 7) is 0. The zero-order valence-corrected chi connectivity index (χ0v) is 12.5. The van der Waals surface area contributed by atoms with Crippen LogP contribution in [0.3, 0.4) is 0 Å². The van der Waals surface area contributed by atoms with Gasteiger partial charge in [0, 0.05) is 34.8 Å². The molecule has 0 aliphatic rings. The van der Waals surface area contributed by atoms with Crippen LogP contribution in [0.5, 0.6) is 0 Å². The van der Waals surface area contributed by atoms with Gasteiger partial charge in [-0.15, -0.1) is 22.9 Å². The van der Waals surface area contributed by atoms with E-state index in [2.05, 4.69) is 16.0 Å². The van der Waals surface area contributed by atoms with Crippen LogP contribution in [0.1, 0.15) is 11.1 Å². The first-order chi connectivity index (χ1) is 10.3. The van der Waals surface area contributed by atoms with Crippen molar-refractivity contribution in [3.8, 4) is 27.9 Å². The Bertz CT molecular complexity index is 803. The molecule has 3 nitrogen and oxygen atoms in total. The largest absolute Gasteiger partial charge is 0.264 e. The van der Waals surface area contributed by atoms with Gasteiger partial charge in [0.05, 0.1) is 17.3 Å². The van der Waals surface area contributed by atoms with E-state index in [4.69, 9.17) is 16.9 Å². The lowest BCUT2D eigenvalue weighted by atomic mass is 10.1. The summed E-state index contributed by atoms with van der Waals surface area (Å²) in [6, 6.07) is 11.4. The average molecular weight is 312 g/mol. The molecule has 0 N–H and O–H groups in total. The molecule has 0 spiro atoms. The third-order valence-corrected chi connectivity index (χ3v) is 4.26. The third-order valence-electron chi connectivity index (χ3n) is 3.10. The fraction of sp³-hybridized carbons (Fsp3) is 0.0625. The van der Waals surface area contributed by atoms with Crippen molar-refractivity contribution in [1.29, 1.82) is 5.26 Å². The lowest BCUT2D eigenvalue weighted by Gasteiger charge is -2.02. The van der Waals surface area contributed by atoms with Crippen LogP contribution in [-0.2, 0) is 5.88 Å². The predicted molar refractivity (Wildman–Crippen MR) is 85.1 cm³/mol. The van der Waals surface area contributed by atoms with Gasteiger partial charge in [-0.25, -0.2) is 4.98 Å². The van der Waals surface area contributed by atoms with Gasteiger partial charge in [-0.2, -0.15) is 5.26 Å². The molecular formula is C16H10ClN3S. The van der Waals surface area contributed by atoms with E-state index in [0.29, 0.717) is 11.4 Å². The second-order valence-electron chi connectivity index (χ2n) is 4.39. The zero-order chi connectivity index (χ0) is 14.7. The first-order valence-electron chi connectivity index (χ1n) is 6.27. The van der Waals surface area contributed by atoms with Crippen molar-refractivity contribution >= 4 is 22.9 Å². The van der Waals surface area contributed by atoms with Crippen molar-refractivity contribution in [3.05, 3.63) is 59.2 Å². The lowest BCUT2D eigenvalue weighted by Crippen LogP contribution is -1.87. The third kappa shape index (κ3) is 2.80. The van der Waals surface area contributed by atoms with E-state index in [1.807, 2.05) is 23.6 Å². The maximum atomic E-state index is 8.83. The number of alkyl halides is 1. The van der Waals surface area contributed by atoms with Gasteiger partial charge in [-0.3, -0.25) is 4.98 Å². The molecule has 0 saturated heterocycles. The van der Waals surface area contributed by atoms with Crippen LogP contribution in [0.4, 0.5) is 0 Å². The molecule has 2 aromatic heterocycles. The highest BCUT2D eigenvalue weighted by Gasteiger charge is 2.10. The number of pyridine rings is 1. The van der Waals surface area contributed by atoms with E-state index in [1.54, 1.807) is 35.9 Å². The van der Waals surface area contributed by atoms with E-state index in [9.17, 15) is 0 Å². The van der Waals surface area contributed by atoms with Crippen LogP contribution in [0.15, 0.2) is 48.1 Å². The number of rotatable bonds is 3. The summed E-state index contributed by atoms with van der Waals surface area (Å²) in [7, 11) is 0. The molecule has 1 aromatic carbocycles. The van der Waals surface area contributed by atoms with Crippen molar-refractivity contribution < 1.29 is 0 Å². The normalized spacial score (nSPS) is 10.3. The van der Waals surface area contributed by atoms with Crippen LogP contribution in [0.2, 0.25) is 0 Å². The first kappa shape index (κ1) is 13.7. The van der Waals surface area contributed by atoms with Crippen LogP contribution < -0.4 is 0 Å². The van der Waals surface area contributed by atoms with Gasteiger partial charge in [-0.05, 0) is 23.8 Å². The second-order valence-corrected chi connectivity index (χ2v) is 5.52. The molecule has 0 bridgehead atoms. The van der Waals surface area contributed by atoms with E-state index >= 15 is 0 Å². The minimum Gasteiger partial charge on any atom is -0.264 e. The van der Waals surface area contributed by atoms with Crippen LogP contribution in [-0.4, -0.2) is 9.97 Å². The number of halogens is 1. The molecular weight excluding hydrogens is 302 g/mol. The quantitative estimate of drug-likeness (QED) is 0.670. The Morgan fingerprint density at radius 1 is 1.19 bits per heavy atom. The van der Waals surface area contributed by atoms with Crippen molar-refractivity contribution in [2.75, 3.05) is 0 Å². The molecule has 102 valence electrons. The van der Waals surface area contributed by atoms with Gasteiger partial charge in [0.25, 0.3) is 0 Å². The molecule has 21 heavy (non-hydrogen) atoms. The number of nitrogens with zero attached hydrogens (tertiary/aromatic N) is 3. The van der Waals surface area contributed by atoms with Gasteiger partial charge in [0.2, 0.25) is 0 Å². The highest BCUT2D eigenvalue weighted by Crippen LogP contribution is 2.31. The number of aromatic nitrogens is 2. The molecule has 0 aliphatic carbocycles. The number of benzene rings is 1. The monoisotopic (exact) mass is 311 g/mol. The molecule has 5 heteroatoms. The van der Waals surface area contributed by atoms with E-state index in [0.717, 1.165) is 27.4 Å². The maximum absolute atomic E-state index is 8.83. The van der Waals surface area contributed by atoms with E-state index in [-0.39, 0.29) is 0 Å². The van der Waals surface area contributed by atoms with Gasteiger partial charge in [0.15, 0.2) is 0 Å². The van der Waals surface area contributed by atoms with Crippen molar-refractivity contribution in [3.63, 3.8) is 0 Å². The standard InChI is InChI=1S/C16H10ClN3S/c17-7-13-5-6-19-9-14(13)16-20-15(10-21-16)12-3-1-11(8-18)2-4-12/h1-6,9-10H,7H2. The Morgan fingerprint density at radius 2 is 2.00 bits per heavy atom. The van der Waals surface area contributed by atoms with Gasteiger partial charge >= 0.3 is 0 Å². The molecule has 0 radical (unpaired) electrons. The molecule has 2 heterocycles. The van der Waals surface area contributed by atoms with Gasteiger partial charge < -0.3 is 0 Å². The summed E-state index contributed by atoms with van der Waals surface area (Å²) in [5.74, 6) is 0.434.